The second-order valence-electron chi connectivity index (χ2n) is 5.65. The molecule has 1 N–H and O–H groups in total. The van der Waals surface area contributed by atoms with Crippen molar-refractivity contribution in [1.29, 1.82) is 0 Å². The van der Waals surface area contributed by atoms with E-state index >= 15 is 0 Å². The van der Waals surface area contributed by atoms with Crippen molar-refractivity contribution in [2.24, 2.45) is 0 Å². The van der Waals surface area contributed by atoms with Crippen LogP contribution in [-0.2, 0) is 11.2 Å². The highest BCUT2D eigenvalue weighted by Gasteiger charge is 2.24. The topological polar surface area (TPSA) is 79.5 Å². The first-order valence-electron chi connectivity index (χ1n) is 7.66. The third kappa shape index (κ3) is 3.92. The average molecular weight is 319 g/mol. The first kappa shape index (κ1) is 15.6. The molecular formula is C16H18FN3O3. The fraction of sp³-hybridized carbons (Fsp3) is 0.438. The van der Waals surface area contributed by atoms with Gasteiger partial charge >= 0.3 is 0 Å². The SMILES string of the molecule is O=C(CCCc1nc(-c2ccc(F)cc2)no1)N1CC[C@@H](O)C1. The number of β-amino-alcohol motifs (C(OH)–C–C–N with tert-alkyl or cyclic N) is 1. The van der Waals surface area contributed by atoms with Crippen LogP contribution in [0.3, 0.4) is 0 Å². The maximum absolute atomic E-state index is 12.9. The van der Waals surface area contributed by atoms with E-state index in [1.807, 2.05) is 0 Å². The number of aliphatic hydroxyl groups is 1. The summed E-state index contributed by atoms with van der Waals surface area (Å²) in [6.45, 7) is 1.05. The lowest BCUT2D eigenvalue weighted by Crippen LogP contribution is -2.29. The molecule has 1 amide bonds. The number of carbonyl (C=O) groups is 1. The van der Waals surface area contributed by atoms with Crippen LogP contribution in [0.5, 0.6) is 0 Å². The van der Waals surface area contributed by atoms with Crippen molar-refractivity contribution in [3.05, 3.63) is 36.0 Å². The molecule has 1 aromatic heterocycles. The first-order chi connectivity index (χ1) is 11.1. The Hall–Kier alpha value is -2.28. The molecular weight excluding hydrogens is 301 g/mol. The Kier molecular flexibility index (Phi) is 4.66. The molecule has 2 aromatic rings. The Morgan fingerprint density at radius 1 is 1.39 bits per heavy atom. The Bertz CT molecular complexity index is 671. The molecule has 6 nitrogen and oxygen atoms in total. The summed E-state index contributed by atoms with van der Waals surface area (Å²) >= 11 is 0. The second-order valence-corrected chi connectivity index (χ2v) is 5.65. The molecule has 1 saturated heterocycles. The highest BCUT2D eigenvalue weighted by molar-refractivity contribution is 5.76. The smallest absolute Gasteiger partial charge is 0.226 e. The standard InChI is InChI=1S/C16H18FN3O3/c17-12-6-4-11(5-7-12)16-18-14(23-19-16)2-1-3-15(22)20-9-8-13(21)10-20/h4-7,13,21H,1-3,8-10H2/t13-/m1/s1. The van der Waals surface area contributed by atoms with Gasteiger partial charge < -0.3 is 14.5 Å². The third-order valence-electron chi connectivity index (χ3n) is 3.87. The van der Waals surface area contributed by atoms with Gasteiger partial charge in [-0.05, 0) is 37.1 Å². The Labute approximate surface area is 132 Å². The summed E-state index contributed by atoms with van der Waals surface area (Å²) < 4.78 is 18.0. The van der Waals surface area contributed by atoms with E-state index in [0.717, 1.165) is 0 Å². The van der Waals surface area contributed by atoms with E-state index < -0.39 is 6.10 Å². The number of rotatable bonds is 5. The quantitative estimate of drug-likeness (QED) is 0.909. The molecule has 0 radical (unpaired) electrons. The average Bonchev–Trinajstić information content (AvgIpc) is 3.17. The Morgan fingerprint density at radius 2 is 2.17 bits per heavy atom. The van der Waals surface area contributed by atoms with Gasteiger partial charge in [0.2, 0.25) is 17.6 Å². The summed E-state index contributed by atoms with van der Waals surface area (Å²) in [4.78, 5) is 17.9. The van der Waals surface area contributed by atoms with Crippen molar-refractivity contribution in [2.75, 3.05) is 13.1 Å². The highest BCUT2D eigenvalue weighted by atomic mass is 19.1. The van der Waals surface area contributed by atoms with Crippen LogP contribution in [0, 0.1) is 5.82 Å². The molecule has 1 fully saturated rings. The van der Waals surface area contributed by atoms with Gasteiger partial charge in [0, 0.05) is 31.5 Å². The van der Waals surface area contributed by atoms with Crippen LogP contribution >= 0.6 is 0 Å². The predicted molar refractivity (Wildman–Crippen MR) is 79.8 cm³/mol. The van der Waals surface area contributed by atoms with Gasteiger partial charge in [-0.2, -0.15) is 4.98 Å². The van der Waals surface area contributed by atoms with Crippen LogP contribution in [0.15, 0.2) is 28.8 Å². The van der Waals surface area contributed by atoms with Crippen LogP contribution in [0.2, 0.25) is 0 Å². The molecule has 1 aliphatic heterocycles. The van der Waals surface area contributed by atoms with Gasteiger partial charge in [-0.25, -0.2) is 4.39 Å². The number of aliphatic hydroxyl groups excluding tert-OH is 1. The van der Waals surface area contributed by atoms with Crippen molar-refractivity contribution < 1.29 is 18.8 Å². The third-order valence-corrected chi connectivity index (χ3v) is 3.87. The maximum Gasteiger partial charge on any atom is 0.226 e. The minimum Gasteiger partial charge on any atom is -0.391 e. The van der Waals surface area contributed by atoms with Gasteiger partial charge in [0.1, 0.15) is 5.82 Å². The first-order valence-corrected chi connectivity index (χ1v) is 7.66. The number of halogens is 1. The van der Waals surface area contributed by atoms with Crippen molar-refractivity contribution >= 4 is 5.91 Å². The molecule has 7 heteroatoms. The molecule has 1 aliphatic rings. The van der Waals surface area contributed by atoms with Gasteiger partial charge in [-0.3, -0.25) is 4.79 Å². The number of aryl methyl sites for hydroxylation is 1. The lowest BCUT2D eigenvalue weighted by Gasteiger charge is -2.14. The molecule has 0 spiro atoms. The summed E-state index contributed by atoms with van der Waals surface area (Å²) in [6, 6.07) is 5.86. The van der Waals surface area contributed by atoms with Gasteiger partial charge in [0.25, 0.3) is 0 Å². The Balaban J connectivity index is 1.49. The minimum absolute atomic E-state index is 0.0415. The monoisotopic (exact) mass is 319 g/mol. The van der Waals surface area contributed by atoms with Gasteiger partial charge in [-0.1, -0.05) is 5.16 Å². The van der Waals surface area contributed by atoms with Crippen LogP contribution < -0.4 is 0 Å². The van der Waals surface area contributed by atoms with Crippen molar-refractivity contribution in [1.82, 2.24) is 15.0 Å². The predicted octanol–water partition coefficient (Wildman–Crippen LogP) is 1.79. The molecule has 0 aliphatic carbocycles. The molecule has 0 bridgehead atoms. The van der Waals surface area contributed by atoms with E-state index in [1.54, 1.807) is 17.0 Å². The van der Waals surface area contributed by atoms with Gasteiger partial charge in [0.15, 0.2) is 0 Å². The number of hydrogen-bond acceptors (Lipinski definition) is 5. The molecule has 0 unspecified atom stereocenters. The van der Waals surface area contributed by atoms with Crippen LogP contribution in [0.25, 0.3) is 11.4 Å². The van der Waals surface area contributed by atoms with E-state index in [0.29, 0.717) is 56.1 Å². The zero-order chi connectivity index (χ0) is 16.2. The molecule has 1 aromatic carbocycles. The van der Waals surface area contributed by atoms with Crippen LogP contribution in [0.4, 0.5) is 4.39 Å². The van der Waals surface area contributed by atoms with Crippen molar-refractivity contribution in [3.63, 3.8) is 0 Å². The lowest BCUT2D eigenvalue weighted by atomic mass is 10.2. The van der Waals surface area contributed by atoms with Crippen LogP contribution in [0.1, 0.15) is 25.2 Å². The minimum atomic E-state index is -0.395. The summed E-state index contributed by atoms with van der Waals surface area (Å²) in [6.07, 6.45) is 1.76. The number of benzene rings is 1. The lowest BCUT2D eigenvalue weighted by molar-refractivity contribution is -0.130. The maximum atomic E-state index is 12.9. The van der Waals surface area contributed by atoms with E-state index in [4.69, 9.17) is 4.52 Å². The number of aromatic nitrogens is 2. The zero-order valence-electron chi connectivity index (χ0n) is 12.6. The second kappa shape index (κ2) is 6.87. The van der Waals surface area contributed by atoms with Gasteiger partial charge in [-0.15, -0.1) is 0 Å². The summed E-state index contributed by atoms with van der Waals surface area (Å²) in [7, 11) is 0. The largest absolute Gasteiger partial charge is 0.391 e. The van der Waals surface area contributed by atoms with E-state index in [1.165, 1.54) is 12.1 Å². The van der Waals surface area contributed by atoms with Crippen LogP contribution in [-0.4, -0.2) is 45.2 Å². The van der Waals surface area contributed by atoms with E-state index in [2.05, 4.69) is 10.1 Å². The number of carbonyl (C=O) groups excluding carboxylic acids is 1. The molecule has 1 atom stereocenters. The molecule has 2 heterocycles. The zero-order valence-corrected chi connectivity index (χ0v) is 12.6. The molecule has 23 heavy (non-hydrogen) atoms. The highest BCUT2D eigenvalue weighted by Crippen LogP contribution is 2.17. The van der Waals surface area contributed by atoms with Gasteiger partial charge in [0.05, 0.1) is 6.10 Å². The summed E-state index contributed by atoms with van der Waals surface area (Å²) in [5.74, 6) is 0.593. The van der Waals surface area contributed by atoms with Crippen molar-refractivity contribution in [3.8, 4) is 11.4 Å². The number of hydrogen-bond donors (Lipinski definition) is 1. The number of likely N-dealkylation sites (tertiary alicyclic amines) is 1. The molecule has 0 saturated carbocycles. The fourth-order valence-electron chi connectivity index (χ4n) is 2.59. The number of nitrogens with zero attached hydrogens (tertiary/aromatic N) is 3. The van der Waals surface area contributed by atoms with E-state index in [-0.39, 0.29) is 11.7 Å². The van der Waals surface area contributed by atoms with E-state index in [9.17, 15) is 14.3 Å². The Morgan fingerprint density at radius 3 is 2.87 bits per heavy atom. The normalized spacial score (nSPS) is 17.7. The fourth-order valence-corrected chi connectivity index (χ4v) is 2.59. The molecule has 3 rings (SSSR count). The molecule has 122 valence electrons. The van der Waals surface area contributed by atoms with Crippen molar-refractivity contribution in [2.45, 2.75) is 31.8 Å². The summed E-state index contributed by atoms with van der Waals surface area (Å²) in [5.41, 5.74) is 0.684. The summed E-state index contributed by atoms with van der Waals surface area (Å²) in [5, 5.41) is 13.3. The number of amides is 1.